The topological polar surface area (TPSA) is 105 Å². The van der Waals surface area contributed by atoms with Crippen LogP contribution in [-0.4, -0.2) is 35.3 Å². The zero-order valence-corrected chi connectivity index (χ0v) is 14.2. The molecule has 0 spiro atoms. The number of nitrogens with zero attached hydrogens (tertiary/aromatic N) is 2. The minimum atomic E-state index is -0.601. The van der Waals surface area contributed by atoms with Crippen molar-refractivity contribution in [2.75, 3.05) is 13.2 Å². The van der Waals surface area contributed by atoms with Crippen molar-refractivity contribution in [3.8, 4) is 0 Å². The average molecular weight is 360 g/mol. The van der Waals surface area contributed by atoms with Crippen molar-refractivity contribution in [1.82, 2.24) is 0 Å². The van der Waals surface area contributed by atoms with E-state index in [9.17, 15) is 20.2 Å². The maximum absolute atomic E-state index is 11.4. The smallest absolute Gasteiger partial charge is 0.283 e. The van der Waals surface area contributed by atoms with Crippen molar-refractivity contribution in [3.05, 3.63) is 55.6 Å². The highest BCUT2D eigenvalue weighted by atomic mass is 16.6. The van der Waals surface area contributed by atoms with Crippen LogP contribution in [0.3, 0.4) is 0 Å². The molecule has 2 atom stereocenters. The van der Waals surface area contributed by atoms with Crippen molar-refractivity contribution in [2.24, 2.45) is 0 Å². The molecule has 2 saturated heterocycles. The molecule has 1 aromatic carbocycles. The van der Waals surface area contributed by atoms with Crippen molar-refractivity contribution in [1.29, 1.82) is 0 Å². The second-order valence-electron chi connectivity index (χ2n) is 6.31. The van der Waals surface area contributed by atoms with Gasteiger partial charge in [-0.2, -0.15) is 0 Å². The first-order chi connectivity index (χ1) is 12.5. The van der Waals surface area contributed by atoms with E-state index < -0.39 is 9.85 Å². The van der Waals surface area contributed by atoms with E-state index in [0.29, 0.717) is 24.3 Å². The maximum atomic E-state index is 11.4. The van der Waals surface area contributed by atoms with E-state index >= 15 is 0 Å². The van der Waals surface area contributed by atoms with Gasteiger partial charge < -0.3 is 9.47 Å². The molecule has 8 nitrogen and oxygen atoms in total. The summed E-state index contributed by atoms with van der Waals surface area (Å²) < 4.78 is 11.0. The minimum Gasteiger partial charge on any atom is -0.374 e. The van der Waals surface area contributed by atoms with Gasteiger partial charge in [0.2, 0.25) is 0 Å². The van der Waals surface area contributed by atoms with E-state index in [4.69, 9.17) is 9.47 Å². The first-order valence-electron chi connectivity index (χ1n) is 8.61. The van der Waals surface area contributed by atoms with E-state index in [1.54, 1.807) is 24.3 Å². The molecule has 2 heterocycles. The van der Waals surface area contributed by atoms with Crippen molar-refractivity contribution in [2.45, 2.75) is 37.9 Å². The standard InChI is InChI=1S/C18H20N2O6/c21-19(22)17-12-18(20(23)24)14(6-8-16-4-2-10-26-16)11-13(17)5-7-15-3-1-9-25-15/h5-8,11-12,15-16H,1-4,9-10H2/b7-5-,8-6+/t15-,16-/m0/s1. The lowest BCUT2D eigenvalue weighted by atomic mass is 10.0. The quantitative estimate of drug-likeness (QED) is 0.563. The molecular weight excluding hydrogens is 340 g/mol. The maximum Gasteiger partial charge on any atom is 0.283 e. The lowest BCUT2D eigenvalue weighted by molar-refractivity contribution is -0.394. The van der Waals surface area contributed by atoms with Crippen LogP contribution in [0.15, 0.2) is 24.3 Å². The number of rotatable bonds is 6. The van der Waals surface area contributed by atoms with Gasteiger partial charge in [0.1, 0.15) is 0 Å². The molecular formula is C18H20N2O6. The highest BCUT2D eigenvalue weighted by molar-refractivity contribution is 5.73. The zero-order valence-electron chi connectivity index (χ0n) is 14.2. The Bertz CT molecular complexity index is 687. The van der Waals surface area contributed by atoms with Gasteiger partial charge >= 0.3 is 0 Å². The predicted molar refractivity (Wildman–Crippen MR) is 95.8 cm³/mol. The molecule has 2 aliphatic rings. The highest BCUT2D eigenvalue weighted by Crippen LogP contribution is 2.32. The molecule has 0 unspecified atom stereocenters. The minimum absolute atomic E-state index is 0.0734. The second kappa shape index (κ2) is 8.20. The van der Waals surface area contributed by atoms with Gasteiger partial charge in [-0.05, 0) is 43.9 Å². The molecule has 0 saturated carbocycles. The van der Waals surface area contributed by atoms with Crippen LogP contribution in [0.4, 0.5) is 11.4 Å². The normalized spacial score (nSPS) is 23.2. The third-order valence-electron chi connectivity index (χ3n) is 4.48. The highest BCUT2D eigenvalue weighted by Gasteiger charge is 2.23. The molecule has 2 fully saturated rings. The van der Waals surface area contributed by atoms with E-state index in [0.717, 1.165) is 31.7 Å². The van der Waals surface area contributed by atoms with Crippen LogP contribution in [0.1, 0.15) is 36.8 Å². The van der Waals surface area contributed by atoms with Gasteiger partial charge in [-0.1, -0.05) is 12.2 Å². The van der Waals surface area contributed by atoms with E-state index in [1.807, 2.05) is 0 Å². The van der Waals surface area contributed by atoms with E-state index in [1.165, 1.54) is 6.07 Å². The number of hydrogen-bond donors (Lipinski definition) is 0. The third-order valence-corrected chi connectivity index (χ3v) is 4.48. The van der Waals surface area contributed by atoms with E-state index in [-0.39, 0.29) is 23.6 Å². The third kappa shape index (κ3) is 4.33. The summed E-state index contributed by atoms with van der Waals surface area (Å²) in [6.45, 7) is 1.35. The average Bonchev–Trinajstić information content (AvgIpc) is 3.31. The lowest BCUT2D eigenvalue weighted by Gasteiger charge is -2.06. The fourth-order valence-corrected chi connectivity index (χ4v) is 3.13. The first-order valence-corrected chi connectivity index (χ1v) is 8.61. The fraction of sp³-hybridized carbons (Fsp3) is 0.444. The van der Waals surface area contributed by atoms with Crippen LogP contribution in [0, 0.1) is 20.2 Å². The SMILES string of the molecule is O=[N+]([O-])c1cc([N+](=O)[O-])c(/C=C/[C@@H]2CCCO2)cc1/C=C\[C@@H]1CCCO1. The van der Waals surface area contributed by atoms with Crippen LogP contribution in [0.5, 0.6) is 0 Å². The molecule has 0 bridgehead atoms. The Morgan fingerprint density at radius 3 is 1.65 bits per heavy atom. The fourth-order valence-electron chi connectivity index (χ4n) is 3.13. The lowest BCUT2D eigenvalue weighted by Crippen LogP contribution is -2.01. The van der Waals surface area contributed by atoms with Gasteiger partial charge in [-0.3, -0.25) is 20.2 Å². The van der Waals surface area contributed by atoms with Crippen molar-refractivity contribution >= 4 is 23.5 Å². The summed E-state index contributed by atoms with van der Waals surface area (Å²) in [4.78, 5) is 21.5. The molecule has 0 aliphatic carbocycles. The number of ether oxygens (including phenoxy) is 2. The summed E-state index contributed by atoms with van der Waals surface area (Å²) in [5.41, 5.74) is 0.0617. The number of benzene rings is 1. The molecule has 0 aromatic heterocycles. The molecule has 138 valence electrons. The predicted octanol–water partition coefficient (Wildman–Crippen LogP) is 3.89. The molecule has 1 aromatic rings. The summed E-state index contributed by atoms with van der Waals surface area (Å²) in [7, 11) is 0. The monoisotopic (exact) mass is 360 g/mol. The van der Waals surface area contributed by atoms with Crippen LogP contribution in [-0.2, 0) is 9.47 Å². The van der Waals surface area contributed by atoms with Gasteiger partial charge in [-0.25, -0.2) is 0 Å². The number of nitro groups is 2. The molecule has 8 heteroatoms. The summed E-state index contributed by atoms with van der Waals surface area (Å²) >= 11 is 0. The Labute approximate surface area is 150 Å². The number of nitro benzene ring substituents is 2. The van der Waals surface area contributed by atoms with Crippen LogP contribution in [0.2, 0.25) is 0 Å². The molecule has 2 aliphatic heterocycles. The van der Waals surface area contributed by atoms with Gasteiger partial charge in [-0.15, -0.1) is 0 Å². The molecule has 0 amide bonds. The molecule has 0 radical (unpaired) electrons. The Morgan fingerprint density at radius 2 is 1.31 bits per heavy atom. The Morgan fingerprint density at radius 1 is 0.846 bits per heavy atom. The van der Waals surface area contributed by atoms with Crippen molar-refractivity contribution < 1.29 is 19.3 Å². The molecule has 0 N–H and O–H groups in total. The van der Waals surface area contributed by atoms with Crippen molar-refractivity contribution in [3.63, 3.8) is 0 Å². The Hall–Kier alpha value is -2.58. The van der Waals surface area contributed by atoms with Crippen LogP contribution in [0.25, 0.3) is 12.2 Å². The van der Waals surface area contributed by atoms with Gasteiger partial charge in [0, 0.05) is 13.2 Å². The zero-order chi connectivity index (χ0) is 18.5. The summed E-state index contributed by atoms with van der Waals surface area (Å²) in [6, 6.07) is 2.50. The van der Waals surface area contributed by atoms with Gasteiger partial charge in [0.25, 0.3) is 11.4 Å². The van der Waals surface area contributed by atoms with Crippen LogP contribution < -0.4 is 0 Å². The second-order valence-corrected chi connectivity index (χ2v) is 6.31. The molecule has 26 heavy (non-hydrogen) atoms. The Kier molecular flexibility index (Phi) is 5.75. The van der Waals surface area contributed by atoms with Crippen LogP contribution >= 0.6 is 0 Å². The van der Waals surface area contributed by atoms with E-state index in [2.05, 4.69) is 0 Å². The first kappa shape index (κ1) is 18.2. The summed E-state index contributed by atoms with van der Waals surface area (Å²) in [5.74, 6) is 0. The summed E-state index contributed by atoms with van der Waals surface area (Å²) in [5, 5.41) is 22.7. The van der Waals surface area contributed by atoms with Gasteiger partial charge in [0.15, 0.2) is 0 Å². The largest absolute Gasteiger partial charge is 0.374 e. The Balaban J connectivity index is 1.96. The summed E-state index contributed by atoms with van der Waals surface area (Å²) in [6.07, 6.45) is 10.3. The van der Waals surface area contributed by atoms with Gasteiger partial charge in [0.05, 0.1) is 39.2 Å². The number of hydrogen-bond acceptors (Lipinski definition) is 6. The molecule has 3 rings (SSSR count).